The van der Waals surface area contributed by atoms with Gasteiger partial charge < -0.3 is 15.5 Å². The van der Waals surface area contributed by atoms with E-state index >= 15 is 0 Å². The summed E-state index contributed by atoms with van der Waals surface area (Å²) in [6.45, 7) is 16.1. The van der Waals surface area contributed by atoms with Crippen LogP contribution in [-0.4, -0.2) is 43.1 Å². The Hall–Kier alpha value is -1.07. The monoisotopic (exact) mass is 338 g/mol. The summed E-state index contributed by atoms with van der Waals surface area (Å²) in [5.74, 6) is 0.925. The minimum absolute atomic E-state index is 0.438. The summed E-state index contributed by atoms with van der Waals surface area (Å²) in [5, 5.41) is 6.87. The van der Waals surface area contributed by atoms with Crippen molar-refractivity contribution >= 4 is 17.3 Å². The molecule has 1 unspecified atom stereocenters. The molecule has 0 fully saturated rings. The smallest absolute Gasteiger partial charge is 0.191 e. The fourth-order valence-electron chi connectivity index (χ4n) is 2.51. The van der Waals surface area contributed by atoms with Gasteiger partial charge >= 0.3 is 0 Å². The SMILES string of the molecule is CCNC(=NCc1ccc(C)s1)NC(C)CCCN(CC)CC. The van der Waals surface area contributed by atoms with Gasteiger partial charge in [-0.1, -0.05) is 13.8 Å². The molecule has 0 bridgehead atoms. The van der Waals surface area contributed by atoms with E-state index in [1.807, 2.05) is 11.3 Å². The average molecular weight is 339 g/mol. The van der Waals surface area contributed by atoms with Gasteiger partial charge in [-0.15, -0.1) is 11.3 Å². The second kappa shape index (κ2) is 11.5. The minimum atomic E-state index is 0.438. The first-order valence-electron chi connectivity index (χ1n) is 8.91. The Morgan fingerprint density at radius 3 is 2.57 bits per heavy atom. The molecule has 0 aliphatic carbocycles. The van der Waals surface area contributed by atoms with Crippen LogP contribution in [0.2, 0.25) is 0 Å². The average Bonchev–Trinajstić information content (AvgIpc) is 2.95. The zero-order valence-electron chi connectivity index (χ0n) is 15.5. The second-order valence-corrected chi connectivity index (χ2v) is 7.29. The third-order valence-corrected chi connectivity index (χ3v) is 4.91. The normalized spacial score (nSPS) is 13.4. The Kier molecular flexibility index (Phi) is 9.96. The number of aryl methyl sites for hydroxylation is 1. The molecule has 1 atom stereocenters. The third-order valence-electron chi connectivity index (χ3n) is 3.92. The van der Waals surface area contributed by atoms with Crippen LogP contribution in [0.3, 0.4) is 0 Å². The molecule has 0 aliphatic heterocycles. The van der Waals surface area contributed by atoms with Crippen molar-refractivity contribution in [3.8, 4) is 0 Å². The zero-order valence-corrected chi connectivity index (χ0v) is 16.3. The highest BCUT2D eigenvalue weighted by molar-refractivity contribution is 7.11. The zero-order chi connectivity index (χ0) is 17.1. The molecule has 2 N–H and O–H groups in total. The molecule has 0 spiro atoms. The highest BCUT2D eigenvalue weighted by atomic mass is 32.1. The fraction of sp³-hybridized carbons (Fsp3) is 0.722. The van der Waals surface area contributed by atoms with E-state index in [0.717, 1.165) is 32.1 Å². The molecule has 1 heterocycles. The minimum Gasteiger partial charge on any atom is -0.357 e. The first-order valence-corrected chi connectivity index (χ1v) is 9.73. The third kappa shape index (κ3) is 8.37. The van der Waals surface area contributed by atoms with Gasteiger partial charge in [-0.2, -0.15) is 0 Å². The molecular formula is C18H34N4S. The number of hydrogen-bond donors (Lipinski definition) is 2. The van der Waals surface area contributed by atoms with Crippen LogP contribution in [-0.2, 0) is 6.54 Å². The van der Waals surface area contributed by atoms with Crippen molar-refractivity contribution in [2.45, 2.75) is 60.0 Å². The maximum absolute atomic E-state index is 4.71. The Balaban J connectivity index is 2.41. The van der Waals surface area contributed by atoms with Gasteiger partial charge in [0, 0.05) is 22.3 Å². The van der Waals surface area contributed by atoms with Crippen molar-refractivity contribution in [3.63, 3.8) is 0 Å². The highest BCUT2D eigenvalue weighted by Gasteiger charge is 2.07. The summed E-state index contributed by atoms with van der Waals surface area (Å²) in [7, 11) is 0. The highest BCUT2D eigenvalue weighted by Crippen LogP contribution is 2.15. The summed E-state index contributed by atoms with van der Waals surface area (Å²) in [4.78, 5) is 9.84. The molecule has 1 aromatic heterocycles. The van der Waals surface area contributed by atoms with Crippen LogP contribution in [0.15, 0.2) is 17.1 Å². The van der Waals surface area contributed by atoms with Crippen LogP contribution >= 0.6 is 11.3 Å². The number of nitrogens with one attached hydrogen (secondary N) is 2. The molecule has 0 aliphatic rings. The van der Waals surface area contributed by atoms with Crippen molar-refractivity contribution < 1.29 is 0 Å². The van der Waals surface area contributed by atoms with Gasteiger partial charge in [0.05, 0.1) is 6.54 Å². The Bertz CT molecular complexity index is 452. The molecular weight excluding hydrogens is 304 g/mol. The molecule has 0 saturated carbocycles. The van der Waals surface area contributed by atoms with Gasteiger partial charge in [-0.25, -0.2) is 4.99 Å². The van der Waals surface area contributed by atoms with Crippen molar-refractivity contribution in [2.75, 3.05) is 26.2 Å². The van der Waals surface area contributed by atoms with Crippen molar-refractivity contribution in [2.24, 2.45) is 4.99 Å². The van der Waals surface area contributed by atoms with E-state index in [4.69, 9.17) is 4.99 Å². The molecule has 1 aromatic rings. The van der Waals surface area contributed by atoms with E-state index in [-0.39, 0.29) is 0 Å². The lowest BCUT2D eigenvalue weighted by molar-refractivity contribution is 0.292. The number of rotatable bonds is 10. The van der Waals surface area contributed by atoms with Crippen LogP contribution in [0.4, 0.5) is 0 Å². The Morgan fingerprint density at radius 2 is 2.00 bits per heavy atom. The summed E-state index contributed by atoms with van der Waals surface area (Å²) in [5.41, 5.74) is 0. The summed E-state index contributed by atoms with van der Waals surface area (Å²) in [6, 6.07) is 4.76. The van der Waals surface area contributed by atoms with Crippen LogP contribution < -0.4 is 10.6 Å². The molecule has 5 heteroatoms. The maximum atomic E-state index is 4.71. The lowest BCUT2D eigenvalue weighted by Crippen LogP contribution is -2.42. The van der Waals surface area contributed by atoms with Crippen LogP contribution in [0.5, 0.6) is 0 Å². The predicted octanol–water partition coefficient (Wildman–Crippen LogP) is 3.62. The number of nitrogens with zero attached hydrogens (tertiary/aromatic N) is 2. The molecule has 0 saturated heterocycles. The van der Waals surface area contributed by atoms with E-state index in [1.54, 1.807) is 0 Å². The summed E-state index contributed by atoms with van der Waals surface area (Å²) in [6.07, 6.45) is 2.39. The molecule has 132 valence electrons. The molecule has 0 amide bonds. The van der Waals surface area contributed by atoms with Gasteiger partial charge in [-0.3, -0.25) is 0 Å². The summed E-state index contributed by atoms with van der Waals surface area (Å²) >= 11 is 1.82. The van der Waals surface area contributed by atoms with E-state index in [0.29, 0.717) is 6.04 Å². The number of thiophene rings is 1. The van der Waals surface area contributed by atoms with Crippen LogP contribution in [0, 0.1) is 6.92 Å². The molecule has 0 radical (unpaired) electrons. The van der Waals surface area contributed by atoms with Crippen LogP contribution in [0.25, 0.3) is 0 Å². The Labute approximate surface area is 146 Å². The number of aliphatic imine (C=N–C) groups is 1. The van der Waals surface area contributed by atoms with Gasteiger partial charge in [0.25, 0.3) is 0 Å². The molecule has 23 heavy (non-hydrogen) atoms. The quantitative estimate of drug-likeness (QED) is 0.505. The van der Waals surface area contributed by atoms with Gasteiger partial charge in [0.2, 0.25) is 0 Å². The maximum Gasteiger partial charge on any atom is 0.191 e. The van der Waals surface area contributed by atoms with Crippen molar-refractivity contribution in [1.29, 1.82) is 0 Å². The van der Waals surface area contributed by atoms with Gasteiger partial charge in [0.1, 0.15) is 0 Å². The predicted molar refractivity (Wildman–Crippen MR) is 103 cm³/mol. The number of hydrogen-bond acceptors (Lipinski definition) is 3. The number of guanidine groups is 1. The molecule has 1 rings (SSSR count). The van der Waals surface area contributed by atoms with E-state index in [2.05, 4.69) is 62.3 Å². The molecule has 0 aromatic carbocycles. The van der Waals surface area contributed by atoms with Crippen molar-refractivity contribution in [1.82, 2.24) is 15.5 Å². The topological polar surface area (TPSA) is 39.7 Å². The van der Waals surface area contributed by atoms with E-state index in [9.17, 15) is 0 Å². The molecule has 4 nitrogen and oxygen atoms in total. The fourth-order valence-corrected chi connectivity index (χ4v) is 3.33. The summed E-state index contributed by atoms with van der Waals surface area (Å²) < 4.78 is 0. The first kappa shape index (κ1) is 20.0. The van der Waals surface area contributed by atoms with Gasteiger partial charge in [0.15, 0.2) is 5.96 Å². The van der Waals surface area contributed by atoms with Gasteiger partial charge in [-0.05, 0) is 65.4 Å². The Morgan fingerprint density at radius 1 is 1.26 bits per heavy atom. The standard InChI is InChI=1S/C18H34N4S/c1-6-19-18(20-14-17-12-11-16(5)23-17)21-15(4)10-9-13-22(7-2)8-3/h11-12,15H,6-10,13-14H2,1-5H3,(H2,19,20,21). The van der Waals surface area contributed by atoms with Crippen molar-refractivity contribution in [3.05, 3.63) is 21.9 Å². The van der Waals surface area contributed by atoms with Crippen LogP contribution in [0.1, 0.15) is 50.3 Å². The lowest BCUT2D eigenvalue weighted by atomic mass is 10.2. The largest absolute Gasteiger partial charge is 0.357 e. The van der Waals surface area contributed by atoms with E-state index in [1.165, 1.54) is 29.1 Å². The first-order chi connectivity index (χ1) is 11.1. The lowest BCUT2D eigenvalue weighted by Gasteiger charge is -2.21. The second-order valence-electron chi connectivity index (χ2n) is 5.92. The van der Waals surface area contributed by atoms with E-state index < -0.39 is 0 Å².